The van der Waals surface area contributed by atoms with Gasteiger partial charge in [-0.3, -0.25) is 14.5 Å². The molecule has 2 aromatic rings. The summed E-state index contributed by atoms with van der Waals surface area (Å²) < 4.78 is 51.9. The largest absolute Gasteiger partial charge is 0.504 e. The Bertz CT molecular complexity index is 1560. The Morgan fingerprint density at radius 1 is 1.14 bits per heavy atom. The van der Waals surface area contributed by atoms with Crippen molar-refractivity contribution in [1.29, 1.82) is 0 Å². The van der Waals surface area contributed by atoms with Gasteiger partial charge in [-0.15, -0.1) is 0 Å². The number of amides is 1. The van der Waals surface area contributed by atoms with E-state index in [0.29, 0.717) is 42.9 Å². The molecule has 1 N–H and O–H groups in total. The molecule has 7 rings (SSSR count). The molecule has 10 heteroatoms. The SMILES string of the molecule is CC(=O)O[C@@]12CC[C@H](N(C)C(=O)C#Cc3ccc(C(F)(F)F)cc3)[C@@H]3Oc4c(O)ccc5c4[C@@]31CCN(CC1CC1)[C@@H]2C5. The fraction of sp³-hybridized carbons (Fsp3) is 0.515. The molecule has 0 unspecified atom stereocenters. The topological polar surface area (TPSA) is 79.3 Å². The second-order valence-corrected chi connectivity index (χ2v) is 12.7. The van der Waals surface area contributed by atoms with E-state index in [0.717, 1.165) is 36.3 Å². The van der Waals surface area contributed by atoms with Crippen molar-refractivity contribution in [2.75, 3.05) is 20.1 Å². The highest BCUT2D eigenvalue weighted by Crippen LogP contribution is 2.67. The number of aromatic hydroxyl groups is 1. The lowest BCUT2D eigenvalue weighted by atomic mass is 9.48. The van der Waals surface area contributed by atoms with Gasteiger partial charge in [-0.25, -0.2) is 0 Å². The maximum absolute atomic E-state index is 13.4. The van der Waals surface area contributed by atoms with Crippen molar-refractivity contribution in [2.24, 2.45) is 5.92 Å². The van der Waals surface area contributed by atoms with Gasteiger partial charge in [0.1, 0.15) is 11.7 Å². The molecule has 2 heterocycles. The predicted octanol–water partition coefficient (Wildman–Crippen LogP) is 4.42. The molecule has 0 radical (unpaired) electrons. The number of carbonyl (C=O) groups is 2. The molecule has 5 aliphatic rings. The van der Waals surface area contributed by atoms with Gasteiger partial charge in [0.05, 0.1) is 23.1 Å². The standard InChI is InChI=1S/C33H33F3N2O5/c1-19(39)43-32-14-13-24(37(2)27(41)12-7-20-5-9-23(10-6-20)33(34,35)36)30-31(32)15-16-38(18-21-3-4-21)26(32)17-22-8-11-25(40)29(42-30)28(22)31/h5-6,8-11,21,24,26,30,40H,3-4,13-18H2,1-2H3/t24-,26+,30-,31-,32+/m0/s1. The maximum atomic E-state index is 13.4. The Morgan fingerprint density at radius 3 is 2.56 bits per heavy atom. The monoisotopic (exact) mass is 594 g/mol. The highest BCUT2D eigenvalue weighted by molar-refractivity contribution is 5.94. The maximum Gasteiger partial charge on any atom is 0.416 e. The van der Waals surface area contributed by atoms with Gasteiger partial charge in [0.2, 0.25) is 0 Å². The molecule has 1 amide bonds. The van der Waals surface area contributed by atoms with Gasteiger partial charge in [0, 0.05) is 37.6 Å². The first-order valence-corrected chi connectivity index (χ1v) is 14.9. The molecule has 43 heavy (non-hydrogen) atoms. The molecule has 2 saturated carbocycles. The number of halogens is 3. The molecule has 3 aliphatic carbocycles. The van der Waals surface area contributed by atoms with Crippen molar-refractivity contribution in [1.82, 2.24) is 9.80 Å². The molecule has 2 aliphatic heterocycles. The van der Waals surface area contributed by atoms with Crippen LogP contribution in [0.25, 0.3) is 0 Å². The summed E-state index contributed by atoms with van der Waals surface area (Å²) in [6.45, 7) is 3.18. The summed E-state index contributed by atoms with van der Waals surface area (Å²) in [5.41, 5.74) is -0.169. The Hall–Kier alpha value is -3.71. The fourth-order valence-corrected chi connectivity index (χ4v) is 8.39. The Kier molecular flexibility index (Phi) is 6.30. The summed E-state index contributed by atoms with van der Waals surface area (Å²) in [4.78, 5) is 30.2. The molecular formula is C33H33F3N2O5. The average molecular weight is 595 g/mol. The van der Waals surface area contributed by atoms with E-state index in [1.165, 1.54) is 36.8 Å². The van der Waals surface area contributed by atoms with Crippen LogP contribution in [0, 0.1) is 17.8 Å². The molecule has 3 fully saturated rings. The number of likely N-dealkylation sites (N-methyl/N-ethyl adjacent to an activating group) is 1. The van der Waals surface area contributed by atoms with Crippen LogP contribution >= 0.6 is 0 Å². The van der Waals surface area contributed by atoms with Crippen LogP contribution in [0.3, 0.4) is 0 Å². The summed E-state index contributed by atoms with van der Waals surface area (Å²) in [7, 11) is 1.65. The number of benzene rings is 2. The zero-order valence-corrected chi connectivity index (χ0v) is 24.0. The lowest BCUT2D eigenvalue weighted by molar-refractivity contribution is -0.223. The molecular weight excluding hydrogens is 561 g/mol. The third kappa shape index (κ3) is 4.22. The van der Waals surface area contributed by atoms with E-state index in [9.17, 15) is 27.9 Å². The Balaban J connectivity index is 1.25. The summed E-state index contributed by atoms with van der Waals surface area (Å²) in [5, 5.41) is 10.9. The number of alkyl halides is 3. The van der Waals surface area contributed by atoms with Crippen LogP contribution in [0.2, 0.25) is 0 Å². The molecule has 0 aromatic heterocycles. The minimum absolute atomic E-state index is 0.0212. The summed E-state index contributed by atoms with van der Waals surface area (Å²) >= 11 is 0. The third-order valence-corrected chi connectivity index (χ3v) is 10.4. The van der Waals surface area contributed by atoms with Crippen LogP contribution in [0.5, 0.6) is 11.5 Å². The van der Waals surface area contributed by atoms with Gasteiger partial charge in [-0.2, -0.15) is 13.2 Å². The molecule has 1 saturated heterocycles. The lowest BCUT2D eigenvalue weighted by Crippen LogP contribution is -2.79. The zero-order chi connectivity index (χ0) is 30.3. The Labute approximate surface area is 247 Å². The fourth-order valence-electron chi connectivity index (χ4n) is 8.39. The molecule has 2 aromatic carbocycles. The highest BCUT2D eigenvalue weighted by Gasteiger charge is 2.75. The highest BCUT2D eigenvalue weighted by atomic mass is 19.4. The number of rotatable bonds is 4. The third-order valence-electron chi connectivity index (χ3n) is 10.4. The minimum atomic E-state index is -4.46. The summed E-state index contributed by atoms with van der Waals surface area (Å²) in [6, 6.07) is 7.48. The molecule has 2 bridgehead atoms. The molecule has 7 nitrogen and oxygen atoms in total. The van der Waals surface area contributed by atoms with E-state index in [2.05, 4.69) is 16.7 Å². The number of ether oxygens (including phenoxy) is 2. The van der Waals surface area contributed by atoms with Gasteiger partial charge in [0.25, 0.3) is 5.91 Å². The number of hydrogen-bond acceptors (Lipinski definition) is 6. The average Bonchev–Trinajstić information content (AvgIpc) is 3.70. The van der Waals surface area contributed by atoms with Crippen LogP contribution in [-0.2, 0) is 32.3 Å². The first-order valence-electron chi connectivity index (χ1n) is 14.9. The van der Waals surface area contributed by atoms with Crippen molar-refractivity contribution in [3.63, 3.8) is 0 Å². The van der Waals surface area contributed by atoms with Crippen LogP contribution in [0.15, 0.2) is 36.4 Å². The number of piperidine rings is 1. The second kappa shape index (κ2) is 9.65. The first-order chi connectivity index (χ1) is 20.4. The zero-order valence-electron chi connectivity index (χ0n) is 24.0. The lowest BCUT2D eigenvalue weighted by Gasteiger charge is -2.65. The van der Waals surface area contributed by atoms with Crippen LogP contribution in [0.1, 0.15) is 61.3 Å². The van der Waals surface area contributed by atoms with E-state index in [4.69, 9.17) is 9.47 Å². The number of carbonyl (C=O) groups excluding carboxylic acids is 2. The van der Waals surface area contributed by atoms with Gasteiger partial charge >= 0.3 is 12.1 Å². The summed E-state index contributed by atoms with van der Waals surface area (Å²) in [5.74, 6) is 5.50. The van der Waals surface area contributed by atoms with E-state index in [1.807, 2.05) is 6.07 Å². The summed E-state index contributed by atoms with van der Waals surface area (Å²) in [6.07, 6.45) is -0.302. The molecule has 5 atom stereocenters. The van der Waals surface area contributed by atoms with Gasteiger partial charge in [-0.05, 0) is 86.9 Å². The van der Waals surface area contributed by atoms with E-state index in [-0.39, 0.29) is 17.8 Å². The molecule has 1 spiro atoms. The smallest absolute Gasteiger partial charge is 0.416 e. The van der Waals surface area contributed by atoms with Crippen LogP contribution in [-0.4, -0.2) is 70.7 Å². The number of nitrogens with zero attached hydrogens (tertiary/aromatic N) is 2. The van der Waals surface area contributed by atoms with Crippen molar-refractivity contribution < 1.29 is 37.3 Å². The van der Waals surface area contributed by atoms with E-state index >= 15 is 0 Å². The van der Waals surface area contributed by atoms with Crippen LogP contribution < -0.4 is 4.74 Å². The molecule has 226 valence electrons. The van der Waals surface area contributed by atoms with Crippen molar-refractivity contribution in [3.8, 4) is 23.3 Å². The van der Waals surface area contributed by atoms with E-state index < -0.39 is 40.8 Å². The van der Waals surface area contributed by atoms with Gasteiger partial charge < -0.3 is 19.5 Å². The van der Waals surface area contributed by atoms with Gasteiger partial charge in [0.15, 0.2) is 11.5 Å². The van der Waals surface area contributed by atoms with Crippen molar-refractivity contribution >= 4 is 11.9 Å². The number of esters is 1. The predicted molar refractivity (Wildman–Crippen MR) is 149 cm³/mol. The number of phenols is 1. The number of hydrogen-bond donors (Lipinski definition) is 1. The van der Waals surface area contributed by atoms with Gasteiger partial charge in [-0.1, -0.05) is 12.0 Å². The second-order valence-electron chi connectivity index (χ2n) is 12.7. The van der Waals surface area contributed by atoms with Crippen molar-refractivity contribution in [3.05, 3.63) is 58.7 Å². The Morgan fingerprint density at radius 2 is 1.88 bits per heavy atom. The first kappa shape index (κ1) is 28.1. The van der Waals surface area contributed by atoms with Crippen molar-refractivity contribution in [2.45, 2.75) is 80.8 Å². The van der Waals surface area contributed by atoms with E-state index in [1.54, 1.807) is 13.1 Å². The normalized spacial score (nSPS) is 30.4. The number of likely N-dealkylation sites (tertiary alicyclic amines) is 1. The minimum Gasteiger partial charge on any atom is -0.504 e. The van der Waals surface area contributed by atoms with Crippen LogP contribution in [0.4, 0.5) is 13.2 Å². The number of phenolic OH excluding ortho intramolecular Hbond substituents is 1. The quantitative estimate of drug-likeness (QED) is 0.417.